The lowest BCUT2D eigenvalue weighted by atomic mass is 10.1. The lowest BCUT2D eigenvalue weighted by Crippen LogP contribution is -2.31. The molecule has 48 heavy (non-hydrogen) atoms. The minimum Gasteiger partial charge on any atom is -0.485 e. The van der Waals surface area contributed by atoms with E-state index in [9.17, 15) is 28.8 Å². The van der Waals surface area contributed by atoms with Crippen LogP contribution in [-0.4, -0.2) is 132 Å². The Labute approximate surface area is 277 Å². The van der Waals surface area contributed by atoms with Crippen LogP contribution in [0, 0.1) is 0 Å². The number of nitrogens with zero attached hydrogens (tertiary/aromatic N) is 4. The third-order valence-electron chi connectivity index (χ3n) is 6.86. The highest BCUT2D eigenvalue weighted by atomic mass is 16.7. The Morgan fingerprint density at radius 1 is 0.583 bits per heavy atom. The monoisotopic (exact) mass is 675 g/mol. The number of rotatable bonds is 18. The zero-order valence-corrected chi connectivity index (χ0v) is 28.2. The summed E-state index contributed by atoms with van der Waals surface area (Å²) in [4.78, 5) is 95.3. The van der Waals surface area contributed by atoms with Gasteiger partial charge in [-0.25, -0.2) is 20.3 Å². The van der Waals surface area contributed by atoms with Gasteiger partial charge in [0.2, 0.25) is 0 Å². The van der Waals surface area contributed by atoms with Crippen molar-refractivity contribution in [1.29, 1.82) is 0 Å². The molecule has 262 valence electrons. The van der Waals surface area contributed by atoms with E-state index in [1.807, 2.05) is 0 Å². The number of nitrogens with one attached hydrogen (secondary N) is 1. The first-order valence-electron chi connectivity index (χ1n) is 14.4. The van der Waals surface area contributed by atoms with Crippen LogP contribution in [0.4, 0.5) is 0 Å². The third-order valence-corrected chi connectivity index (χ3v) is 6.86. The van der Waals surface area contributed by atoms with E-state index in [0.717, 1.165) is 20.3 Å². The van der Waals surface area contributed by atoms with Crippen molar-refractivity contribution in [3.63, 3.8) is 0 Å². The summed E-state index contributed by atoms with van der Waals surface area (Å²) in [7, 11) is 10.9. The number of ether oxygens (including phenoxy) is 2. The fourth-order valence-corrected chi connectivity index (χ4v) is 3.88. The van der Waals surface area contributed by atoms with Crippen LogP contribution in [0.25, 0.3) is 0 Å². The number of ketones is 1. The van der Waals surface area contributed by atoms with E-state index in [2.05, 4.69) is 5.32 Å². The molecule has 0 aliphatic heterocycles. The van der Waals surface area contributed by atoms with Crippen LogP contribution in [0.15, 0.2) is 36.4 Å². The highest BCUT2D eigenvalue weighted by molar-refractivity contribution is 6.00. The Morgan fingerprint density at radius 2 is 0.979 bits per heavy atom. The number of Topliss-reactive ketones (excluding diaryl/α,β-unsaturated/α-hetero) is 1. The van der Waals surface area contributed by atoms with Gasteiger partial charge in [-0.2, -0.15) is 0 Å². The summed E-state index contributed by atoms with van der Waals surface area (Å²) in [5.74, 6) is -3.07. The number of carbonyl (C=O) groups excluding carboxylic acids is 6. The van der Waals surface area contributed by atoms with E-state index < -0.39 is 42.7 Å². The molecule has 0 saturated heterocycles. The Morgan fingerprint density at radius 3 is 1.40 bits per heavy atom. The smallest absolute Gasteiger partial charge is 0.280 e. The van der Waals surface area contributed by atoms with Crippen molar-refractivity contribution in [3.05, 3.63) is 58.7 Å². The molecule has 0 radical (unpaired) electrons. The van der Waals surface area contributed by atoms with Gasteiger partial charge >= 0.3 is 0 Å². The lowest BCUT2D eigenvalue weighted by Gasteiger charge is -2.19. The predicted molar refractivity (Wildman–Crippen MR) is 168 cm³/mol. The molecule has 0 bridgehead atoms. The third kappa shape index (κ3) is 10.7. The molecular weight excluding hydrogens is 634 g/mol. The molecule has 0 atom stereocenters. The molecule has 17 heteroatoms. The van der Waals surface area contributed by atoms with Crippen LogP contribution in [0.2, 0.25) is 0 Å². The Balaban J connectivity index is 1.99. The Hall–Kier alpha value is -5.10. The highest BCUT2D eigenvalue weighted by Gasteiger charge is 2.23. The van der Waals surface area contributed by atoms with Gasteiger partial charge in [0.25, 0.3) is 29.5 Å². The number of hydrogen-bond donors (Lipinski definition) is 1. The van der Waals surface area contributed by atoms with Crippen molar-refractivity contribution in [1.82, 2.24) is 25.6 Å². The molecular formula is C31H41N5O12. The lowest BCUT2D eigenvalue weighted by molar-refractivity contribution is -0.124. The average Bonchev–Trinajstić information content (AvgIpc) is 3.11. The normalized spacial score (nSPS) is 10.5. The maximum Gasteiger partial charge on any atom is 0.280 e. The number of hydroxylamine groups is 8. The van der Waals surface area contributed by atoms with Gasteiger partial charge in [-0.15, -0.1) is 0 Å². The van der Waals surface area contributed by atoms with Gasteiger partial charge in [0, 0.05) is 52.3 Å². The van der Waals surface area contributed by atoms with Crippen molar-refractivity contribution in [2.45, 2.75) is 12.8 Å². The maximum absolute atomic E-state index is 12.7. The largest absolute Gasteiger partial charge is 0.485 e. The summed E-state index contributed by atoms with van der Waals surface area (Å²) in [6.07, 6.45) is 0.269. The van der Waals surface area contributed by atoms with Crippen molar-refractivity contribution in [2.24, 2.45) is 0 Å². The van der Waals surface area contributed by atoms with E-state index in [-0.39, 0.29) is 58.9 Å². The van der Waals surface area contributed by atoms with Crippen LogP contribution in [0.1, 0.15) is 54.3 Å². The van der Waals surface area contributed by atoms with Crippen LogP contribution in [0.3, 0.4) is 0 Å². The molecule has 0 unspecified atom stereocenters. The molecule has 17 nitrogen and oxygen atoms in total. The van der Waals surface area contributed by atoms with E-state index in [4.69, 9.17) is 28.8 Å². The van der Waals surface area contributed by atoms with Gasteiger partial charge in [0.1, 0.15) is 18.1 Å². The van der Waals surface area contributed by atoms with Gasteiger partial charge in [-0.3, -0.25) is 48.1 Å². The standard InChI is InChI=1S/C31H41N5O12/c1-33(43-5)28(39)20-11-13-23(30(41)35(3)45-7)25(16-20)47-18-22(37)10-9-15-32-27(38)19-48-26-17-21(29(40)34(2)44-6)12-14-24(26)31(42)36(4)46-8/h11-14,16-17H,9-10,15,18-19H2,1-8H3,(H,32,38). The van der Waals surface area contributed by atoms with Gasteiger partial charge < -0.3 is 14.8 Å². The molecule has 0 saturated carbocycles. The summed E-state index contributed by atoms with van der Waals surface area (Å²) in [5.41, 5.74) is 0.422. The van der Waals surface area contributed by atoms with Crippen molar-refractivity contribution >= 4 is 35.3 Å². The summed E-state index contributed by atoms with van der Waals surface area (Å²) >= 11 is 0. The van der Waals surface area contributed by atoms with E-state index in [0.29, 0.717) is 0 Å². The molecule has 2 rings (SSSR count). The molecule has 1 N–H and O–H groups in total. The molecule has 0 heterocycles. The number of carbonyl (C=O) groups is 6. The summed E-state index contributed by atoms with van der Waals surface area (Å²) in [5, 5.41) is 6.52. The van der Waals surface area contributed by atoms with Crippen LogP contribution in [-0.2, 0) is 28.9 Å². The zero-order valence-electron chi connectivity index (χ0n) is 28.2. The first-order chi connectivity index (χ1) is 22.8. The fraction of sp³-hybridized carbons (Fsp3) is 0.419. The van der Waals surface area contributed by atoms with Crippen molar-refractivity contribution < 1.29 is 57.6 Å². The second-order valence-corrected chi connectivity index (χ2v) is 9.93. The van der Waals surface area contributed by atoms with Crippen LogP contribution in [0.5, 0.6) is 11.5 Å². The van der Waals surface area contributed by atoms with Crippen molar-refractivity contribution in [3.8, 4) is 11.5 Å². The number of amides is 5. The predicted octanol–water partition coefficient (Wildman–Crippen LogP) is 1.14. The Kier molecular flexibility index (Phi) is 15.4. The minimum absolute atomic E-state index is 0.00719. The van der Waals surface area contributed by atoms with Crippen LogP contribution < -0.4 is 14.8 Å². The number of benzene rings is 2. The maximum atomic E-state index is 12.7. The van der Waals surface area contributed by atoms with Gasteiger partial charge in [0.05, 0.1) is 39.6 Å². The molecule has 5 amide bonds. The Bertz CT molecular complexity index is 1370. The topological polar surface area (TPSA) is 183 Å². The summed E-state index contributed by atoms with van der Waals surface area (Å²) < 4.78 is 11.2. The zero-order chi connectivity index (χ0) is 36.0. The number of hydrogen-bond acceptors (Lipinski definition) is 12. The summed E-state index contributed by atoms with van der Waals surface area (Å²) in [6.45, 7) is -0.795. The fourth-order valence-electron chi connectivity index (χ4n) is 3.88. The van der Waals surface area contributed by atoms with Crippen LogP contribution >= 0.6 is 0 Å². The van der Waals surface area contributed by atoms with E-state index in [1.54, 1.807) is 0 Å². The second-order valence-electron chi connectivity index (χ2n) is 9.93. The summed E-state index contributed by atoms with van der Waals surface area (Å²) in [6, 6.07) is 8.23. The van der Waals surface area contributed by atoms with Gasteiger partial charge in [-0.05, 0) is 42.8 Å². The average molecular weight is 676 g/mol. The van der Waals surface area contributed by atoms with E-state index >= 15 is 0 Å². The SMILES string of the molecule is CON(C)C(=O)c1ccc(C(=O)N(C)OC)c(OCC(=O)CCCNC(=O)COc2cc(C(=O)N(C)OC)ccc2C(=O)N(C)OC)c1. The molecule has 0 spiro atoms. The minimum atomic E-state index is -0.574. The van der Waals surface area contributed by atoms with E-state index in [1.165, 1.54) is 93.0 Å². The first-order valence-corrected chi connectivity index (χ1v) is 14.4. The second kappa shape index (κ2) is 18.9. The molecule has 0 aliphatic carbocycles. The highest BCUT2D eigenvalue weighted by Crippen LogP contribution is 2.25. The van der Waals surface area contributed by atoms with Crippen molar-refractivity contribution in [2.75, 3.05) is 76.4 Å². The molecule has 0 aromatic heterocycles. The molecule has 2 aromatic carbocycles. The molecule has 2 aromatic rings. The quantitative estimate of drug-likeness (QED) is 0.176. The first kappa shape index (κ1) is 39.1. The molecule has 0 aliphatic rings. The van der Waals surface area contributed by atoms with Gasteiger partial charge in [0.15, 0.2) is 12.4 Å². The van der Waals surface area contributed by atoms with Gasteiger partial charge in [-0.1, -0.05) is 0 Å². The molecule has 0 fully saturated rings.